The van der Waals surface area contributed by atoms with E-state index < -0.39 is 0 Å². The summed E-state index contributed by atoms with van der Waals surface area (Å²) in [5, 5.41) is 0. The molecule has 2 aliphatic carbocycles. The molecular weight excluding hydrogens is 431 g/mol. The second-order valence-electron chi connectivity index (χ2n) is 9.20. The van der Waals surface area contributed by atoms with E-state index in [-0.39, 0.29) is 25.3 Å². The van der Waals surface area contributed by atoms with E-state index >= 15 is 0 Å². The molecule has 27 heavy (non-hydrogen) atoms. The Bertz CT molecular complexity index is 363. The molecule has 2 fully saturated rings. The molecule has 4 atom stereocenters. The molecular formula is C26H45Sn. The van der Waals surface area contributed by atoms with Crippen molar-refractivity contribution in [3.8, 4) is 0 Å². The molecule has 153 valence electrons. The van der Waals surface area contributed by atoms with Gasteiger partial charge in [-0.3, -0.25) is 0 Å². The van der Waals surface area contributed by atoms with Gasteiger partial charge < -0.3 is 0 Å². The summed E-state index contributed by atoms with van der Waals surface area (Å²) in [6.07, 6.45) is 13.5. The van der Waals surface area contributed by atoms with Crippen LogP contribution in [-0.2, 0) is 0 Å². The van der Waals surface area contributed by atoms with Gasteiger partial charge in [-0.05, 0) is 80.1 Å². The van der Waals surface area contributed by atoms with Crippen molar-refractivity contribution in [1.82, 2.24) is 0 Å². The molecule has 0 aliphatic heterocycles. The zero-order chi connectivity index (χ0) is 19.4. The summed E-state index contributed by atoms with van der Waals surface area (Å²) < 4.78 is 0. The molecule has 2 aliphatic rings. The third-order valence-corrected chi connectivity index (χ3v) is 5.99. The minimum Gasteiger partial charge on any atom is -0.0625 e. The summed E-state index contributed by atoms with van der Waals surface area (Å²) in [7, 11) is 0. The summed E-state index contributed by atoms with van der Waals surface area (Å²) in [5.41, 5.74) is 0. The zero-order valence-electron chi connectivity index (χ0n) is 18.7. The fourth-order valence-corrected chi connectivity index (χ4v) is 3.79. The molecule has 1 aromatic rings. The minimum absolute atomic E-state index is 0. The number of hydrogen-bond acceptors (Lipinski definition) is 0. The summed E-state index contributed by atoms with van der Waals surface area (Å²) in [5.74, 6) is 5.47. The van der Waals surface area contributed by atoms with E-state index in [1.807, 2.05) is 30.3 Å². The average molecular weight is 476 g/mol. The number of rotatable bonds is 2. The van der Waals surface area contributed by atoms with Crippen molar-refractivity contribution in [1.29, 1.82) is 0 Å². The van der Waals surface area contributed by atoms with E-state index in [4.69, 9.17) is 0 Å². The van der Waals surface area contributed by atoms with Crippen LogP contribution in [0, 0.1) is 54.4 Å². The first-order valence-corrected chi connectivity index (χ1v) is 11.0. The standard InChI is InChI=1S/2C10H19.C6H5.Sn.H2/c2*1-8(2)10-6-4-9(3)5-7-10;1-2-4-6-5-3-1;;/h2*6,8-10H,4-5,7H2,1-3H3;1-5H;;1H/t2*9-,10-;;;/m11.../s1. The molecule has 0 N–H and O–H groups in total. The molecule has 1 aromatic carbocycles. The first kappa shape index (κ1) is 27.0. The maximum absolute atomic E-state index is 2.89. The van der Waals surface area contributed by atoms with Crippen LogP contribution in [0.2, 0.25) is 0 Å². The van der Waals surface area contributed by atoms with Gasteiger partial charge in [0.2, 0.25) is 0 Å². The van der Waals surface area contributed by atoms with Gasteiger partial charge in [-0.15, -0.1) is 0 Å². The second-order valence-corrected chi connectivity index (χ2v) is 9.20. The van der Waals surface area contributed by atoms with E-state index in [0.29, 0.717) is 0 Å². The van der Waals surface area contributed by atoms with E-state index in [0.717, 1.165) is 35.5 Å². The van der Waals surface area contributed by atoms with Gasteiger partial charge in [0.05, 0.1) is 0 Å². The Morgan fingerprint density at radius 3 is 1.30 bits per heavy atom. The average Bonchev–Trinajstić information content (AvgIpc) is 2.65. The maximum Gasteiger partial charge on any atom is 0 e. The molecule has 0 heterocycles. The first-order valence-electron chi connectivity index (χ1n) is 11.0. The van der Waals surface area contributed by atoms with Crippen LogP contribution in [0.5, 0.6) is 0 Å². The first-order chi connectivity index (χ1) is 12.4. The Morgan fingerprint density at radius 1 is 0.704 bits per heavy atom. The molecule has 0 unspecified atom stereocenters. The van der Waals surface area contributed by atoms with Crippen molar-refractivity contribution < 1.29 is 1.43 Å². The Balaban J connectivity index is 0. The molecule has 0 bridgehead atoms. The van der Waals surface area contributed by atoms with Gasteiger partial charge in [-0.25, -0.2) is 0 Å². The maximum atomic E-state index is 2.89. The molecule has 0 saturated heterocycles. The van der Waals surface area contributed by atoms with Crippen molar-refractivity contribution in [2.45, 2.75) is 80.1 Å². The Hall–Kier alpha value is 0.0187. The monoisotopic (exact) mass is 477 g/mol. The Labute approximate surface area is 189 Å². The summed E-state index contributed by atoms with van der Waals surface area (Å²) in [4.78, 5) is 0. The van der Waals surface area contributed by atoms with Crippen molar-refractivity contribution in [2.75, 3.05) is 0 Å². The van der Waals surface area contributed by atoms with E-state index in [2.05, 4.69) is 60.5 Å². The van der Waals surface area contributed by atoms with Gasteiger partial charge in [0.1, 0.15) is 0 Å². The van der Waals surface area contributed by atoms with Crippen LogP contribution in [0.1, 0.15) is 81.5 Å². The largest absolute Gasteiger partial charge is 0.0625 e. The smallest absolute Gasteiger partial charge is 0 e. The SMILES string of the molecule is CC(C)[C@@H]1[CH]C[C@@H](C)CC1.CC(C)[C@@H]1[CH]C[C@@H](C)CC1.[HH].[Sn].[c]1ccccc1. The van der Waals surface area contributed by atoms with Crippen molar-refractivity contribution >= 4 is 23.9 Å². The summed E-state index contributed by atoms with van der Waals surface area (Å²) >= 11 is 0. The van der Waals surface area contributed by atoms with Crippen LogP contribution < -0.4 is 0 Å². The molecule has 0 amide bonds. The van der Waals surface area contributed by atoms with Crippen molar-refractivity contribution in [3.63, 3.8) is 0 Å². The van der Waals surface area contributed by atoms with Crippen LogP contribution in [0.4, 0.5) is 0 Å². The van der Waals surface area contributed by atoms with Crippen LogP contribution in [-0.4, -0.2) is 23.9 Å². The third-order valence-electron chi connectivity index (χ3n) is 5.99. The van der Waals surface area contributed by atoms with Crippen LogP contribution in [0.3, 0.4) is 0 Å². The van der Waals surface area contributed by atoms with Gasteiger partial charge in [0.15, 0.2) is 0 Å². The normalized spacial score (nSPS) is 27.6. The van der Waals surface area contributed by atoms with E-state index in [1.165, 1.54) is 38.5 Å². The third kappa shape index (κ3) is 13.0. The predicted octanol–water partition coefficient (Wildman–Crippen LogP) is 7.92. The molecule has 0 spiro atoms. The van der Waals surface area contributed by atoms with Gasteiger partial charge in [0.25, 0.3) is 0 Å². The fourth-order valence-electron chi connectivity index (χ4n) is 3.79. The van der Waals surface area contributed by atoms with E-state index in [9.17, 15) is 0 Å². The molecule has 3 rings (SSSR count). The Kier molecular flexibility index (Phi) is 15.9. The molecule has 0 nitrogen and oxygen atoms in total. The molecule has 0 aromatic heterocycles. The minimum atomic E-state index is 0. The molecule has 1 heteroatoms. The zero-order valence-corrected chi connectivity index (χ0v) is 21.6. The van der Waals surface area contributed by atoms with E-state index in [1.54, 1.807) is 0 Å². The second kappa shape index (κ2) is 15.9. The van der Waals surface area contributed by atoms with Gasteiger partial charge in [-0.2, -0.15) is 0 Å². The van der Waals surface area contributed by atoms with Gasteiger partial charge >= 0.3 is 0 Å². The molecule has 7 radical (unpaired) electrons. The van der Waals surface area contributed by atoms with Gasteiger partial charge in [-0.1, -0.05) is 84.7 Å². The van der Waals surface area contributed by atoms with Crippen molar-refractivity contribution in [3.05, 3.63) is 49.2 Å². The summed E-state index contributed by atoms with van der Waals surface area (Å²) in [6.45, 7) is 14.0. The Morgan fingerprint density at radius 2 is 1.11 bits per heavy atom. The summed E-state index contributed by atoms with van der Waals surface area (Å²) in [6, 6.07) is 12.5. The van der Waals surface area contributed by atoms with Gasteiger partial charge in [0, 0.05) is 25.3 Å². The number of hydrogen-bond donors (Lipinski definition) is 0. The van der Waals surface area contributed by atoms with Crippen LogP contribution >= 0.6 is 0 Å². The van der Waals surface area contributed by atoms with Crippen LogP contribution in [0.25, 0.3) is 0 Å². The van der Waals surface area contributed by atoms with Crippen molar-refractivity contribution in [2.24, 2.45) is 35.5 Å². The topological polar surface area (TPSA) is 0 Å². The molecule has 2 saturated carbocycles. The predicted molar refractivity (Wildman–Crippen MR) is 124 cm³/mol. The quantitative estimate of drug-likeness (QED) is 0.381. The fraction of sp³-hybridized carbons (Fsp3) is 0.692. The number of benzene rings is 1. The van der Waals surface area contributed by atoms with Crippen LogP contribution in [0.15, 0.2) is 30.3 Å².